The average Bonchev–Trinajstić information content (AvgIpc) is 2.45. The minimum Gasteiger partial charge on any atom is -0.469 e. The quantitative estimate of drug-likeness (QED) is 0.622. The van der Waals surface area contributed by atoms with Gasteiger partial charge in [0.1, 0.15) is 0 Å². The molecule has 2 nitrogen and oxygen atoms in total. The molecule has 2 rings (SSSR count). The lowest BCUT2D eigenvalue weighted by molar-refractivity contribution is -0.141. The van der Waals surface area contributed by atoms with Gasteiger partial charge in [0.05, 0.1) is 7.11 Å². The molecule has 2 unspecified atom stereocenters. The molecule has 0 aromatic rings. The van der Waals surface area contributed by atoms with E-state index in [1.807, 2.05) is 0 Å². The van der Waals surface area contributed by atoms with Crippen LogP contribution in [0.3, 0.4) is 0 Å². The predicted molar refractivity (Wildman–Crippen MR) is 96.0 cm³/mol. The zero-order valence-corrected chi connectivity index (χ0v) is 15.7. The largest absolute Gasteiger partial charge is 0.469 e. The molecule has 0 aliphatic heterocycles. The molecule has 2 heteroatoms. The summed E-state index contributed by atoms with van der Waals surface area (Å²) in [6.45, 7) is 13.8. The van der Waals surface area contributed by atoms with Gasteiger partial charge in [0.15, 0.2) is 0 Å². The van der Waals surface area contributed by atoms with Crippen LogP contribution >= 0.6 is 0 Å². The van der Waals surface area contributed by atoms with Gasteiger partial charge in [-0.3, -0.25) is 4.79 Å². The first kappa shape index (κ1) is 18.3. The minimum absolute atomic E-state index is 0.0947. The number of carbonyl (C=O) groups is 1. The SMILES string of the molecule is C=C1C=CC2C(C)(C)CCC[C@@]2(C)[C@@H]1CCC(C)CC(=O)OC. The van der Waals surface area contributed by atoms with Gasteiger partial charge in [-0.05, 0) is 54.3 Å². The van der Waals surface area contributed by atoms with Gasteiger partial charge in [-0.2, -0.15) is 0 Å². The van der Waals surface area contributed by atoms with E-state index < -0.39 is 0 Å². The Morgan fingerprint density at radius 2 is 2.09 bits per heavy atom. The van der Waals surface area contributed by atoms with Crippen molar-refractivity contribution < 1.29 is 9.53 Å². The first-order chi connectivity index (χ1) is 10.7. The predicted octanol–water partition coefficient (Wildman–Crippen LogP) is 5.54. The summed E-state index contributed by atoms with van der Waals surface area (Å²) in [6.07, 6.45) is 11.3. The lowest BCUT2D eigenvalue weighted by atomic mass is 9.49. The summed E-state index contributed by atoms with van der Waals surface area (Å²) in [5.74, 6) is 1.45. The van der Waals surface area contributed by atoms with Crippen LogP contribution in [-0.4, -0.2) is 13.1 Å². The maximum Gasteiger partial charge on any atom is 0.305 e. The van der Waals surface area contributed by atoms with Gasteiger partial charge in [0, 0.05) is 6.42 Å². The Morgan fingerprint density at radius 1 is 1.39 bits per heavy atom. The van der Waals surface area contributed by atoms with E-state index in [2.05, 4.69) is 46.4 Å². The summed E-state index contributed by atoms with van der Waals surface area (Å²) in [6, 6.07) is 0. The van der Waals surface area contributed by atoms with Crippen LogP contribution in [0.25, 0.3) is 0 Å². The van der Waals surface area contributed by atoms with Crippen molar-refractivity contribution in [2.75, 3.05) is 7.11 Å². The summed E-state index contributed by atoms with van der Waals surface area (Å²) in [5, 5.41) is 0. The summed E-state index contributed by atoms with van der Waals surface area (Å²) in [7, 11) is 1.47. The van der Waals surface area contributed by atoms with E-state index >= 15 is 0 Å². The van der Waals surface area contributed by atoms with E-state index in [1.54, 1.807) is 0 Å². The molecule has 0 bridgehead atoms. The molecule has 0 amide bonds. The van der Waals surface area contributed by atoms with E-state index in [-0.39, 0.29) is 5.97 Å². The van der Waals surface area contributed by atoms with Gasteiger partial charge >= 0.3 is 5.97 Å². The normalized spacial score (nSPS) is 33.9. The van der Waals surface area contributed by atoms with E-state index in [9.17, 15) is 4.79 Å². The highest BCUT2D eigenvalue weighted by Crippen LogP contribution is 2.59. The molecular formula is C21H34O2. The number of rotatable bonds is 5. The second kappa shape index (κ2) is 6.83. The summed E-state index contributed by atoms with van der Waals surface area (Å²) in [5.41, 5.74) is 1.98. The highest BCUT2D eigenvalue weighted by molar-refractivity contribution is 5.69. The first-order valence-electron chi connectivity index (χ1n) is 9.14. The zero-order chi connectivity index (χ0) is 17.3. The molecule has 2 aliphatic carbocycles. The maximum absolute atomic E-state index is 11.5. The molecule has 0 heterocycles. The van der Waals surface area contributed by atoms with Crippen LogP contribution < -0.4 is 0 Å². The van der Waals surface area contributed by atoms with Gasteiger partial charge < -0.3 is 4.74 Å². The zero-order valence-electron chi connectivity index (χ0n) is 15.7. The molecule has 2 aliphatic rings. The second-order valence-corrected chi connectivity index (χ2v) is 8.78. The van der Waals surface area contributed by atoms with Crippen molar-refractivity contribution in [3.63, 3.8) is 0 Å². The topological polar surface area (TPSA) is 26.3 Å². The average molecular weight is 319 g/mol. The molecule has 4 atom stereocenters. The lowest BCUT2D eigenvalue weighted by Gasteiger charge is -2.56. The molecule has 1 saturated carbocycles. The van der Waals surface area contributed by atoms with Gasteiger partial charge in [-0.25, -0.2) is 0 Å². The Hall–Kier alpha value is -1.05. The third-order valence-corrected chi connectivity index (χ3v) is 6.53. The molecule has 0 N–H and O–H groups in total. The number of fused-ring (bicyclic) bond motifs is 1. The number of carbonyl (C=O) groups excluding carboxylic acids is 1. The van der Waals surface area contributed by atoms with Crippen LogP contribution in [0.4, 0.5) is 0 Å². The van der Waals surface area contributed by atoms with Crippen LogP contribution in [0.15, 0.2) is 24.3 Å². The fourth-order valence-corrected chi connectivity index (χ4v) is 5.20. The fourth-order valence-electron chi connectivity index (χ4n) is 5.20. The van der Waals surface area contributed by atoms with Crippen molar-refractivity contribution >= 4 is 5.97 Å². The second-order valence-electron chi connectivity index (χ2n) is 8.78. The third-order valence-electron chi connectivity index (χ3n) is 6.53. The summed E-state index contributed by atoms with van der Waals surface area (Å²) in [4.78, 5) is 11.5. The van der Waals surface area contributed by atoms with Crippen molar-refractivity contribution in [3.05, 3.63) is 24.3 Å². The van der Waals surface area contributed by atoms with Crippen molar-refractivity contribution in [2.24, 2.45) is 28.6 Å². The van der Waals surface area contributed by atoms with Crippen LogP contribution in [0, 0.1) is 28.6 Å². The Morgan fingerprint density at radius 3 is 2.74 bits per heavy atom. The van der Waals surface area contributed by atoms with Gasteiger partial charge in [-0.15, -0.1) is 0 Å². The lowest BCUT2D eigenvalue weighted by Crippen LogP contribution is -2.47. The number of hydrogen-bond donors (Lipinski definition) is 0. The van der Waals surface area contributed by atoms with Gasteiger partial charge in [0.25, 0.3) is 0 Å². The first-order valence-corrected chi connectivity index (χ1v) is 9.14. The van der Waals surface area contributed by atoms with Crippen molar-refractivity contribution in [1.29, 1.82) is 0 Å². The number of ether oxygens (including phenoxy) is 1. The highest BCUT2D eigenvalue weighted by atomic mass is 16.5. The van der Waals surface area contributed by atoms with Crippen LogP contribution in [0.5, 0.6) is 0 Å². The molecule has 130 valence electrons. The Kier molecular flexibility index (Phi) is 5.43. The van der Waals surface area contributed by atoms with Crippen molar-refractivity contribution in [2.45, 2.75) is 66.2 Å². The molecule has 0 saturated heterocycles. The molecular weight excluding hydrogens is 284 g/mol. The molecule has 0 aromatic heterocycles. The Bertz CT molecular complexity index is 488. The Balaban J connectivity index is 2.10. The molecule has 0 spiro atoms. The van der Waals surface area contributed by atoms with Crippen molar-refractivity contribution in [1.82, 2.24) is 0 Å². The molecule has 1 fully saturated rings. The van der Waals surface area contributed by atoms with Crippen LogP contribution in [-0.2, 0) is 9.53 Å². The minimum atomic E-state index is -0.0947. The van der Waals surface area contributed by atoms with E-state index in [0.29, 0.717) is 35.0 Å². The van der Waals surface area contributed by atoms with Gasteiger partial charge in [0.2, 0.25) is 0 Å². The highest BCUT2D eigenvalue weighted by Gasteiger charge is 2.50. The summed E-state index contributed by atoms with van der Waals surface area (Å²) < 4.78 is 4.80. The third kappa shape index (κ3) is 3.72. The molecule has 23 heavy (non-hydrogen) atoms. The number of hydrogen-bond acceptors (Lipinski definition) is 2. The smallest absolute Gasteiger partial charge is 0.305 e. The fraction of sp³-hybridized carbons (Fsp3) is 0.762. The number of methoxy groups -OCH3 is 1. The van der Waals surface area contributed by atoms with E-state index in [4.69, 9.17) is 4.74 Å². The standard InChI is InChI=1S/C21H34O2/c1-15(14-19(22)23-6)8-10-17-16(2)9-11-18-20(3,4)12-7-13-21(17,18)5/h9,11,15,17-18H,2,7-8,10,12-14H2,1,3-6H3/t15?,17-,18?,21+/m1/s1. The van der Waals surface area contributed by atoms with Crippen molar-refractivity contribution in [3.8, 4) is 0 Å². The molecule has 0 radical (unpaired) electrons. The number of esters is 1. The van der Waals surface area contributed by atoms with E-state index in [1.165, 1.54) is 31.9 Å². The van der Waals surface area contributed by atoms with Crippen LogP contribution in [0.2, 0.25) is 0 Å². The monoisotopic (exact) mass is 318 g/mol. The summed E-state index contributed by atoms with van der Waals surface area (Å²) >= 11 is 0. The van der Waals surface area contributed by atoms with Gasteiger partial charge in [-0.1, -0.05) is 58.4 Å². The Labute approximate surface area is 142 Å². The molecule has 0 aromatic carbocycles. The van der Waals surface area contributed by atoms with E-state index in [0.717, 1.165) is 12.8 Å². The van der Waals surface area contributed by atoms with Crippen LogP contribution in [0.1, 0.15) is 66.2 Å². The number of allylic oxidation sites excluding steroid dienone is 3. The maximum atomic E-state index is 11.5.